The molecule has 102 valence electrons. The Labute approximate surface area is 114 Å². The van der Waals surface area contributed by atoms with Crippen LogP contribution in [0.15, 0.2) is 30.5 Å². The highest BCUT2D eigenvalue weighted by molar-refractivity contribution is 5.29. The van der Waals surface area contributed by atoms with Gasteiger partial charge in [-0.15, -0.1) is 0 Å². The van der Waals surface area contributed by atoms with Crippen LogP contribution >= 0.6 is 0 Å². The number of rotatable bonds is 6. The molecule has 0 atom stereocenters. The van der Waals surface area contributed by atoms with E-state index in [-0.39, 0.29) is 6.10 Å². The van der Waals surface area contributed by atoms with Crippen LogP contribution in [0.4, 0.5) is 5.95 Å². The highest BCUT2D eigenvalue weighted by Gasteiger charge is 2.01. The standard InChI is InChI=1S/C15H21N3O/c1-11(2)19-14-8-5-12(6-9-14)4-7-13-10-17-15(16-3)18-13/h5-6,8-11H,4,7H2,1-3H3,(H2,16,17,18). The summed E-state index contributed by atoms with van der Waals surface area (Å²) in [7, 11) is 1.86. The number of aromatic nitrogens is 2. The Kier molecular flexibility index (Phi) is 4.44. The number of nitrogens with one attached hydrogen (secondary N) is 2. The van der Waals surface area contributed by atoms with Crippen LogP contribution in [0.1, 0.15) is 25.1 Å². The normalized spacial score (nSPS) is 10.7. The zero-order valence-corrected chi connectivity index (χ0v) is 11.7. The van der Waals surface area contributed by atoms with E-state index in [1.807, 2.05) is 39.2 Å². The average Bonchev–Trinajstić information content (AvgIpc) is 2.85. The van der Waals surface area contributed by atoms with Gasteiger partial charge >= 0.3 is 0 Å². The quantitative estimate of drug-likeness (QED) is 0.838. The Hall–Kier alpha value is -1.97. The number of aryl methyl sites for hydroxylation is 2. The predicted molar refractivity (Wildman–Crippen MR) is 77.7 cm³/mol. The van der Waals surface area contributed by atoms with Crippen molar-refractivity contribution in [2.75, 3.05) is 12.4 Å². The van der Waals surface area contributed by atoms with Gasteiger partial charge in [0.25, 0.3) is 0 Å². The third kappa shape index (κ3) is 4.02. The summed E-state index contributed by atoms with van der Waals surface area (Å²) < 4.78 is 5.63. The summed E-state index contributed by atoms with van der Waals surface area (Å²) in [4.78, 5) is 7.43. The van der Waals surface area contributed by atoms with Crippen molar-refractivity contribution in [2.24, 2.45) is 0 Å². The second kappa shape index (κ2) is 6.27. The first-order chi connectivity index (χ1) is 9.17. The molecular weight excluding hydrogens is 238 g/mol. The first-order valence-corrected chi connectivity index (χ1v) is 6.64. The van der Waals surface area contributed by atoms with Gasteiger partial charge in [0, 0.05) is 12.7 Å². The van der Waals surface area contributed by atoms with Gasteiger partial charge < -0.3 is 15.0 Å². The Morgan fingerprint density at radius 1 is 1.21 bits per heavy atom. The Bertz CT molecular complexity index is 502. The fourth-order valence-corrected chi connectivity index (χ4v) is 1.90. The summed E-state index contributed by atoms with van der Waals surface area (Å²) in [6, 6.07) is 8.29. The van der Waals surface area contributed by atoms with Crippen molar-refractivity contribution in [3.05, 3.63) is 41.7 Å². The number of hydrogen-bond acceptors (Lipinski definition) is 3. The highest BCUT2D eigenvalue weighted by Crippen LogP contribution is 2.15. The molecule has 0 aliphatic rings. The Balaban J connectivity index is 1.89. The maximum Gasteiger partial charge on any atom is 0.200 e. The highest BCUT2D eigenvalue weighted by atomic mass is 16.5. The molecule has 0 saturated carbocycles. The zero-order chi connectivity index (χ0) is 13.7. The van der Waals surface area contributed by atoms with Gasteiger partial charge in [-0.05, 0) is 44.4 Å². The first-order valence-electron chi connectivity index (χ1n) is 6.64. The maximum absolute atomic E-state index is 5.63. The van der Waals surface area contributed by atoms with Crippen LogP contribution in [0.2, 0.25) is 0 Å². The van der Waals surface area contributed by atoms with Gasteiger partial charge in [0.1, 0.15) is 5.75 Å². The molecule has 4 nitrogen and oxygen atoms in total. The number of benzene rings is 1. The summed E-state index contributed by atoms with van der Waals surface area (Å²) in [6.45, 7) is 4.07. The summed E-state index contributed by atoms with van der Waals surface area (Å²) >= 11 is 0. The fraction of sp³-hybridized carbons (Fsp3) is 0.400. The minimum Gasteiger partial charge on any atom is -0.491 e. The van der Waals surface area contributed by atoms with Crippen molar-refractivity contribution in [1.29, 1.82) is 0 Å². The summed E-state index contributed by atoms with van der Waals surface area (Å²) in [5.41, 5.74) is 2.45. The predicted octanol–water partition coefficient (Wildman–Crippen LogP) is 3.02. The molecule has 0 saturated heterocycles. The molecule has 2 aromatic rings. The van der Waals surface area contributed by atoms with Gasteiger partial charge in [0.05, 0.1) is 12.3 Å². The first kappa shape index (κ1) is 13.5. The van der Waals surface area contributed by atoms with Gasteiger partial charge in [-0.25, -0.2) is 4.98 Å². The number of ether oxygens (including phenoxy) is 1. The minimum atomic E-state index is 0.218. The van der Waals surface area contributed by atoms with E-state index < -0.39 is 0 Å². The van der Waals surface area contributed by atoms with Crippen LogP contribution in [-0.4, -0.2) is 23.1 Å². The van der Waals surface area contributed by atoms with Crippen molar-refractivity contribution in [1.82, 2.24) is 9.97 Å². The lowest BCUT2D eigenvalue weighted by atomic mass is 10.1. The van der Waals surface area contributed by atoms with E-state index in [2.05, 4.69) is 27.4 Å². The lowest BCUT2D eigenvalue weighted by molar-refractivity contribution is 0.242. The van der Waals surface area contributed by atoms with Crippen molar-refractivity contribution >= 4 is 5.95 Å². The zero-order valence-electron chi connectivity index (χ0n) is 11.7. The molecule has 1 aromatic carbocycles. The van der Waals surface area contributed by atoms with E-state index in [0.717, 1.165) is 30.2 Å². The van der Waals surface area contributed by atoms with Gasteiger partial charge in [-0.1, -0.05) is 12.1 Å². The Morgan fingerprint density at radius 3 is 2.53 bits per heavy atom. The third-order valence-corrected chi connectivity index (χ3v) is 2.84. The van der Waals surface area contributed by atoms with Crippen LogP contribution in [0.5, 0.6) is 5.75 Å². The molecule has 1 aromatic heterocycles. The molecule has 4 heteroatoms. The molecule has 0 spiro atoms. The summed E-state index contributed by atoms with van der Waals surface area (Å²) in [5.74, 6) is 1.74. The molecule has 2 N–H and O–H groups in total. The SMILES string of the molecule is CNc1ncc(CCc2ccc(OC(C)C)cc2)[nH]1. The van der Waals surface area contributed by atoms with E-state index in [0.29, 0.717) is 0 Å². The van der Waals surface area contributed by atoms with Crippen LogP contribution in [0.25, 0.3) is 0 Å². The molecule has 0 aliphatic heterocycles. The second-order valence-electron chi connectivity index (χ2n) is 4.82. The molecule has 0 fully saturated rings. The number of aromatic amines is 1. The molecule has 0 amide bonds. The van der Waals surface area contributed by atoms with Crippen molar-refractivity contribution in [3.63, 3.8) is 0 Å². The van der Waals surface area contributed by atoms with Gasteiger partial charge in [-0.3, -0.25) is 0 Å². The number of hydrogen-bond donors (Lipinski definition) is 2. The van der Waals surface area contributed by atoms with Gasteiger partial charge in [0.2, 0.25) is 0 Å². The molecule has 0 bridgehead atoms. The minimum absolute atomic E-state index is 0.218. The van der Waals surface area contributed by atoms with E-state index >= 15 is 0 Å². The largest absolute Gasteiger partial charge is 0.491 e. The number of nitrogens with zero attached hydrogens (tertiary/aromatic N) is 1. The van der Waals surface area contributed by atoms with Crippen molar-refractivity contribution in [3.8, 4) is 5.75 Å². The molecular formula is C15H21N3O. The third-order valence-electron chi connectivity index (χ3n) is 2.84. The van der Waals surface area contributed by atoms with Gasteiger partial charge in [0.15, 0.2) is 5.95 Å². The van der Waals surface area contributed by atoms with E-state index in [4.69, 9.17) is 4.74 Å². The monoisotopic (exact) mass is 259 g/mol. The number of imidazole rings is 1. The number of anilines is 1. The molecule has 2 rings (SSSR count). The summed E-state index contributed by atoms with van der Waals surface area (Å²) in [6.07, 6.45) is 4.05. The second-order valence-corrected chi connectivity index (χ2v) is 4.82. The van der Waals surface area contributed by atoms with E-state index in [9.17, 15) is 0 Å². The Morgan fingerprint density at radius 2 is 1.95 bits per heavy atom. The van der Waals surface area contributed by atoms with Crippen molar-refractivity contribution < 1.29 is 4.74 Å². The van der Waals surface area contributed by atoms with Gasteiger partial charge in [-0.2, -0.15) is 0 Å². The van der Waals surface area contributed by atoms with E-state index in [1.165, 1.54) is 5.56 Å². The molecule has 0 unspecified atom stereocenters. The summed E-state index contributed by atoms with van der Waals surface area (Å²) in [5, 5.41) is 2.99. The van der Waals surface area contributed by atoms with E-state index in [1.54, 1.807) is 0 Å². The van der Waals surface area contributed by atoms with Crippen LogP contribution in [0, 0.1) is 0 Å². The topological polar surface area (TPSA) is 49.9 Å². The van der Waals surface area contributed by atoms with Crippen molar-refractivity contribution in [2.45, 2.75) is 32.8 Å². The molecule has 0 aliphatic carbocycles. The van der Waals surface area contributed by atoms with Crippen LogP contribution < -0.4 is 10.1 Å². The lowest BCUT2D eigenvalue weighted by Gasteiger charge is -2.09. The smallest absolute Gasteiger partial charge is 0.200 e. The average molecular weight is 259 g/mol. The molecule has 19 heavy (non-hydrogen) atoms. The maximum atomic E-state index is 5.63. The lowest BCUT2D eigenvalue weighted by Crippen LogP contribution is -2.05. The number of H-pyrrole nitrogens is 1. The molecule has 0 radical (unpaired) electrons. The van der Waals surface area contributed by atoms with Crippen LogP contribution in [0.3, 0.4) is 0 Å². The van der Waals surface area contributed by atoms with Crippen LogP contribution in [-0.2, 0) is 12.8 Å². The molecule has 1 heterocycles. The fourth-order valence-electron chi connectivity index (χ4n) is 1.90.